The SMILES string of the molecule is CC(C)(C)/C=C/C(NC(=O)c1ccnc(OC(C)(C)c2ccccc2)c1)C(=O)O. The highest BCUT2D eigenvalue weighted by Crippen LogP contribution is 2.26. The summed E-state index contributed by atoms with van der Waals surface area (Å²) in [6, 6.07) is 11.6. The van der Waals surface area contributed by atoms with Crippen molar-refractivity contribution >= 4 is 11.9 Å². The average molecular weight is 396 g/mol. The summed E-state index contributed by atoms with van der Waals surface area (Å²) in [6.45, 7) is 9.67. The average Bonchev–Trinajstić information content (AvgIpc) is 2.64. The fourth-order valence-corrected chi connectivity index (χ4v) is 2.57. The van der Waals surface area contributed by atoms with Gasteiger partial charge in [0, 0.05) is 17.8 Å². The van der Waals surface area contributed by atoms with E-state index in [4.69, 9.17) is 4.74 Å². The Morgan fingerprint density at radius 2 is 1.76 bits per heavy atom. The molecular weight excluding hydrogens is 368 g/mol. The number of nitrogens with one attached hydrogen (secondary N) is 1. The van der Waals surface area contributed by atoms with Crippen LogP contribution in [0.2, 0.25) is 0 Å². The fraction of sp³-hybridized carbons (Fsp3) is 0.348. The molecule has 0 fully saturated rings. The monoisotopic (exact) mass is 396 g/mol. The van der Waals surface area contributed by atoms with E-state index in [-0.39, 0.29) is 16.9 Å². The minimum Gasteiger partial charge on any atom is -0.479 e. The first-order valence-corrected chi connectivity index (χ1v) is 9.41. The maximum atomic E-state index is 12.6. The normalized spacial score (nSPS) is 13.1. The number of pyridine rings is 1. The molecule has 2 rings (SSSR count). The highest BCUT2D eigenvalue weighted by molar-refractivity contribution is 5.97. The summed E-state index contributed by atoms with van der Waals surface area (Å²) in [4.78, 5) is 28.3. The molecule has 1 aromatic heterocycles. The molecule has 6 nitrogen and oxygen atoms in total. The Hall–Kier alpha value is -3.15. The van der Waals surface area contributed by atoms with Crippen LogP contribution in [0.3, 0.4) is 0 Å². The molecule has 1 atom stereocenters. The van der Waals surface area contributed by atoms with Gasteiger partial charge in [-0.3, -0.25) is 4.79 Å². The quantitative estimate of drug-likeness (QED) is 0.686. The van der Waals surface area contributed by atoms with Crippen molar-refractivity contribution in [1.82, 2.24) is 10.3 Å². The predicted octanol–water partition coefficient (Wildman–Crippen LogP) is 4.18. The van der Waals surface area contributed by atoms with Gasteiger partial charge in [-0.15, -0.1) is 0 Å². The van der Waals surface area contributed by atoms with Gasteiger partial charge in [0.25, 0.3) is 5.91 Å². The van der Waals surface area contributed by atoms with Gasteiger partial charge in [0.15, 0.2) is 0 Å². The van der Waals surface area contributed by atoms with Gasteiger partial charge in [-0.05, 0) is 30.9 Å². The number of carboxylic acids is 1. The topological polar surface area (TPSA) is 88.5 Å². The highest BCUT2D eigenvalue weighted by atomic mass is 16.5. The van der Waals surface area contributed by atoms with E-state index in [1.165, 1.54) is 24.4 Å². The Morgan fingerprint density at radius 3 is 2.34 bits per heavy atom. The van der Waals surface area contributed by atoms with E-state index in [0.717, 1.165) is 5.56 Å². The van der Waals surface area contributed by atoms with Gasteiger partial charge in [0.05, 0.1) is 0 Å². The fourth-order valence-electron chi connectivity index (χ4n) is 2.57. The smallest absolute Gasteiger partial charge is 0.330 e. The molecule has 1 heterocycles. The number of benzene rings is 1. The van der Waals surface area contributed by atoms with Crippen molar-refractivity contribution in [3.63, 3.8) is 0 Å². The maximum Gasteiger partial charge on any atom is 0.330 e. The van der Waals surface area contributed by atoms with Crippen LogP contribution >= 0.6 is 0 Å². The second kappa shape index (κ2) is 8.90. The number of amides is 1. The number of allylic oxidation sites excluding steroid dienone is 1. The zero-order chi connectivity index (χ0) is 21.7. The number of hydrogen-bond acceptors (Lipinski definition) is 4. The van der Waals surface area contributed by atoms with Crippen molar-refractivity contribution < 1.29 is 19.4 Å². The summed E-state index contributed by atoms with van der Waals surface area (Å²) in [6.07, 6.45) is 4.71. The molecule has 2 N–H and O–H groups in total. The number of carboxylic acid groups (broad SMARTS) is 1. The molecule has 1 amide bonds. The minimum atomic E-state index is -1.13. The molecular formula is C23H28N2O4. The lowest BCUT2D eigenvalue weighted by molar-refractivity contribution is -0.137. The van der Waals surface area contributed by atoms with Gasteiger partial charge in [-0.2, -0.15) is 0 Å². The summed E-state index contributed by atoms with van der Waals surface area (Å²) in [5.41, 5.74) is 0.394. The first kappa shape index (κ1) is 22.1. The molecule has 0 radical (unpaired) electrons. The van der Waals surface area contributed by atoms with Crippen molar-refractivity contribution in [2.24, 2.45) is 5.41 Å². The van der Waals surface area contributed by atoms with Gasteiger partial charge in [-0.25, -0.2) is 9.78 Å². The first-order valence-electron chi connectivity index (χ1n) is 9.41. The summed E-state index contributed by atoms with van der Waals surface area (Å²) < 4.78 is 6.00. The third-order valence-electron chi connectivity index (χ3n) is 4.17. The van der Waals surface area contributed by atoms with Crippen molar-refractivity contribution in [3.05, 3.63) is 71.9 Å². The zero-order valence-corrected chi connectivity index (χ0v) is 17.5. The van der Waals surface area contributed by atoms with Crippen LogP contribution in [-0.2, 0) is 10.4 Å². The molecule has 0 bridgehead atoms. The van der Waals surface area contributed by atoms with Crippen LogP contribution < -0.4 is 10.1 Å². The Labute approximate surface area is 171 Å². The summed E-state index contributed by atoms with van der Waals surface area (Å²) in [5, 5.41) is 11.9. The molecule has 154 valence electrons. The van der Waals surface area contributed by atoms with Crippen LogP contribution in [0, 0.1) is 5.41 Å². The Kier molecular flexibility index (Phi) is 6.80. The van der Waals surface area contributed by atoms with Gasteiger partial charge >= 0.3 is 5.97 Å². The number of aliphatic carboxylic acids is 1. The van der Waals surface area contributed by atoms with Crippen molar-refractivity contribution in [1.29, 1.82) is 0 Å². The Bertz CT molecular complexity index is 883. The highest BCUT2D eigenvalue weighted by Gasteiger charge is 2.24. The lowest BCUT2D eigenvalue weighted by Crippen LogP contribution is -2.39. The largest absolute Gasteiger partial charge is 0.479 e. The van der Waals surface area contributed by atoms with Crippen molar-refractivity contribution in [2.75, 3.05) is 0 Å². The van der Waals surface area contributed by atoms with E-state index in [1.807, 2.05) is 65.0 Å². The van der Waals surface area contributed by atoms with Crippen LogP contribution in [0.15, 0.2) is 60.8 Å². The summed E-state index contributed by atoms with van der Waals surface area (Å²) >= 11 is 0. The molecule has 0 saturated carbocycles. The van der Waals surface area contributed by atoms with Gasteiger partial charge in [0.2, 0.25) is 5.88 Å². The van der Waals surface area contributed by atoms with Crippen LogP contribution in [0.1, 0.15) is 50.5 Å². The van der Waals surface area contributed by atoms with Crippen LogP contribution in [0.5, 0.6) is 5.88 Å². The van der Waals surface area contributed by atoms with Gasteiger partial charge in [0.1, 0.15) is 11.6 Å². The minimum absolute atomic E-state index is 0.195. The second-order valence-electron chi connectivity index (χ2n) is 8.38. The number of nitrogens with zero attached hydrogens (tertiary/aromatic N) is 1. The summed E-state index contributed by atoms with van der Waals surface area (Å²) in [5.74, 6) is -1.36. The number of aromatic nitrogens is 1. The molecule has 6 heteroatoms. The van der Waals surface area contributed by atoms with E-state index >= 15 is 0 Å². The standard InChI is InChI=1S/C23H28N2O4/c1-22(2,3)13-11-18(21(27)28)25-20(26)16-12-14-24-19(15-16)29-23(4,5)17-9-7-6-8-10-17/h6-15,18H,1-5H3,(H,25,26)(H,27,28)/b13-11+. The van der Waals surface area contributed by atoms with Crippen LogP contribution in [0.25, 0.3) is 0 Å². The van der Waals surface area contributed by atoms with Crippen LogP contribution in [-0.4, -0.2) is 28.0 Å². The second-order valence-corrected chi connectivity index (χ2v) is 8.38. The predicted molar refractivity (Wildman–Crippen MR) is 112 cm³/mol. The molecule has 2 aromatic rings. The molecule has 0 aliphatic rings. The third kappa shape index (κ3) is 6.75. The Balaban J connectivity index is 2.16. The van der Waals surface area contributed by atoms with E-state index in [0.29, 0.717) is 0 Å². The molecule has 1 unspecified atom stereocenters. The maximum absolute atomic E-state index is 12.6. The van der Waals surface area contributed by atoms with Gasteiger partial charge in [-0.1, -0.05) is 63.3 Å². The van der Waals surface area contributed by atoms with Crippen molar-refractivity contribution in [2.45, 2.75) is 46.3 Å². The lowest BCUT2D eigenvalue weighted by atomic mass is 9.95. The molecule has 0 saturated heterocycles. The Morgan fingerprint density at radius 1 is 1.10 bits per heavy atom. The van der Waals surface area contributed by atoms with E-state index in [2.05, 4.69) is 10.3 Å². The lowest BCUT2D eigenvalue weighted by Gasteiger charge is -2.26. The molecule has 0 aliphatic carbocycles. The molecule has 0 spiro atoms. The molecule has 29 heavy (non-hydrogen) atoms. The molecule has 1 aromatic carbocycles. The summed E-state index contributed by atoms with van der Waals surface area (Å²) in [7, 11) is 0. The van der Waals surface area contributed by atoms with E-state index in [1.54, 1.807) is 6.08 Å². The first-order chi connectivity index (χ1) is 13.5. The number of rotatable bonds is 7. The molecule has 0 aliphatic heterocycles. The third-order valence-corrected chi connectivity index (χ3v) is 4.17. The van der Waals surface area contributed by atoms with E-state index in [9.17, 15) is 14.7 Å². The van der Waals surface area contributed by atoms with Crippen LogP contribution in [0.4, 0.5) is 0 Å². The number of ether oxygens (including phenoxy) is 1. The zero-order valence-electron chi connectivity index (χ0n) is 17.5. The number of carbonyl (C=O) groups is 2. The number of hydrogen-bond donors (Lipinski definition) is 2. The number of carbonyl (C=O) groups excluding carboxylic acids is 1. The van der Waals surface area contributed by atoms with Crippen molar-refractivity contribution in [3.8, 4) is 5.88 Å². The van der Waals surface area contributed by atoms with Gasteiger partial charge < -0.3 is 15.2 Å². The van der Waals surface area contributed by atoms with E-state index < -0.39 is 23.5 Å².